The summed E-state index contributed by atoms with van der Waals surface area (Å²) in [5.74, 6) is 0.634. The van der Waals surface area contributed by atoms with Gasteiger partial charge >= 0.3 is 0 Å². The molecule has 0 aliphatic carbocycles. The maximum Gasteiger partial charge on any atom is 0.188 e. The van der Waals surface area contributed by atoms with Crippen LogP contribution in [-0.2, 0) is 0 Å². The molecule has 3 nitrogen and oxygen atoms in total. The van der Waals surface area contributed by atoms with Gasteiger partial charge in [-0.1, -0.05) is 5.16 Å². The molecule has 0 atom stereocenters. The molecule has 0 aliphatic rings. The van der Waals surface area contributed by atoms with Gasteiger partial charge in [0.2, 0.25) is 0 Å². The summed E-state index contributed by atoms with van der Waals surface area (Å²) in [6.07, 6.45) is 1.71. The van der Waals surface area contributed by atoms with Crippen molar-refractivity contribution >= 4 is 15.9 Å². The Morgan fingerprint density at radius 3 is 2.71 bits per heavy atom. The Balaban J connectivity index is 2.49. The van der Waals surface area contributed by atoms with E-state index in [4.69, 9.17) is 4.52 Å². The summed E-state index contributed by atoms with van der Waals surface area (Å²) in [6, 6.07) is 3.76. The molecular weight excluding hydrogens is 244 g/mol. The lowest BCUT2D eigenvalue weighted by atomic mass is 10.2. The first-order valence-electron chi connectivity index (χ1n) is 4.08. The average Bonchev–Trinajstić information content (AvgIpc) is 2.50. The van der Waals surface area contributed by atoms with Crippen LogP contribution in [0.4, 0.5) is 0 Å². The zero-order valence-corrected chi connectivity index (χ0v) is 9.21. The van der Waals surface area contributed by atoms with Crippen molar-refractivity contribution in [2.75, 3.05) is 0 Å². The third kappa shape index (κ3) is 1.57. The monoisotopic (exact) mass is 251 g/mol. The quantitative estimate of drug-likeness (QED) is 0.783. The first-order valence-corrected chi connectivity index (χ1v) is 4.88. The number of pyridine rings is 1. The molecule has 0 saturated heterocycles. The second kappa shape index (κ2) is 3.53. The molecular formula is C10H8BrN2O. The van der Waals surface area contributed by atoms with Crippen molar-refractivity contribution in [3.63, 3.8) is 0 Å². The van der Waals surface area contributed by atoms with Gasteiger partial charge in [0.05, 0.1) is 5.69 Å². The number of rotatable bonds is 1. The van der Waals surface area contributed by atoms with E-state index in [9.17, 15) is 0 Å². The minimum atomic E-state index is 0.634. The van der Waals surface area contributed by atoms with E-state index in [0.29, 0.717) is 5.76 Å². The number of hydrogen-bond acceptors (Lipinski definition) is 3. The summed E-state index contributed by atoms with van der Waals surface area (Å²) in [5, 5.41) is 3.83. The highest BCUT2D eigenvalue weighted by molar-refractivity contribution is 9.10. The van der Waals surface area contributed by atoms with Crippen LogP contribution in [0.1, 0.15) is 11.3 Å². The molecule has 0 unspecified atom stereocenters. The first kappa shape index (κ1) is 9.40. The molecule has 0 fully saturated rings. The molecule has 14 heavy (non-hydrogen) atoms. The molecule has 0 saturated carbocycles. The van der Waals surface area contributed by atoms with Gasteiger partial charge in [-0.15, -0.1) is 0 Å². The molecule has 71 valence electrons. The molecule has 0 aromatic carbocycles. The molecule has 1 radical (unpaired) electrons. The van der Waals surface area contributed by atoms with Crippen molar-refractivity contribution in [3.8, 4) is 11.5 Å². The number of aryl methyl sites for hydroxylation is 1. The van der Waals surface area contributed by atoms with Crippen molar-refractivity contribution in [1.82, 2.24) is 10.1 Å². The van der Waals surface area contributed by atoms with Gasteiger partial charge in [-0.05, 0) is 41.9 Å². The summed E-state index contributed by atoms with van der Waals surface area (Å²) in [5.41, 5.74) is 2.34. The average molecular weight is 252 g/mol. The molecule has 0 bridgehead atoms. The SMILES string of the molecule is [CH2]c1c(C)noc1-c1ccc(Br)cn1. The highest BCUT2D eigenvalue weighted by Gasteiger charge is 2.11. The van der Waals surface area contributed by atoms with Crippen molar-refractivity contribution in [2.24, 2.45) is 0 Å². The van der Waals surface area contributed by atoms with Crippen molar-refractivity contribution in [1.29, 1.82) is 0 Å². The number of hydrogen-bond donors (Lipinski definition) is 0. The molecule has 0 spiro atoms. The summed E-state index contributed by atoms with van der Waals surface area (Å²) in [7, 11) is 0. The van der Waals surface area contributed by atoms with Gasteiger partial charge in [-0.25, -0.2) is 0 Å². The van der Waals surface area contributed by atoms with Crippen LogP contribution in [0.15, 0.2) is 27.3 Å². The molecule has 2 aromatic heterocycles. The lowest BCUT2D eigenvalue weighted by molar-refractivity contribution is 0.426. The molecule has 4 heteroatoms. The summed E-state index contributed by atoms with van der Waals surface area (Å²) in [6.45, 7) is 5.73. The Morgan fingerprint density at radius 1 is 1.43 bits per heavy atom. The van der Waals surface area contributed by atoms with E-state index >= 15 is 0 Å². The fraction of sp³-hybridized carbons (Fsp3) is 0.100. The van der Waals surface area contributed by atoms with E-state index in [1.165, 1.54) is 0 Å². The van der Waals surface area contributed by atoms with Gasteiger partial charge in [-0.3, -0.25) is 4.98 Å². The van der Waals surface area contributed by atoms with Gasteiger partial charge in [-0.2, -0.15) is 0 Å². The van der Waals surface area contributed by atoms with Gasteiger partial charge < -0.3 is 4.52 Å². The topological polar surface area (TPSA) is 38.9 Å². The third-order valence-electron chi connectivity index (χ3n) is 1.94. The molecule has 2 rings (SSSR count). The Labute approximate surface area is 90.3 Å². The maximum atomic E-state index is 5.13. The van der Waals surface area contributed by atoms with Crippen LogP contribution in [-0.4, -0.2) is 10.1 Å². The van der Waals surface area contributed by atoms with Crippen LogP contribution >= 0.6 is 15.9 Å². The van der Waals surface area contributed by atoms with Gasteiger partial charge in [0.15, 0.2) is 5.76 Å². The maximum absolute atomic E-state index is 5.13. The summed E-state index contributed by atoms with van der Waals surface area (Å²) in [4.78, 5) is 4.20. The van der Waals surface area contributed by atoms with E-state index < -0.39 is 0 Å². The molecule has 0 N–H and O–H groups in total. The first-order chi connectivity index (χ1) is 6.68. The largest absolute Gasteiger partial charge is 0.354 e. The lowest BCUT2D eigenvalue weighted by Crippen LogP contribution is -1.83. The predicted octanol–water partition coefficient (Wildman–Crippen LogP) is 2.99. The molecule has 2 heterocycles. The Hall–Kier alpha value is -1.16. The molecule has 2 aromatic rings. The van der Waals surface area contributed by atoms with Crippen molar-refractivity contribution < 1.29 is 4.52 Å². The van der Waals surface area contributed by atoms with E-state index in [1.54, 1.807) is 6.20 Å². The van der Waals surface area contributed by atoms with Crippen LogP contribution in [0.3, 0.4) is 0 Å². The highest BCUT2D eigenvalue weighted by Crippen LogP contribution is 2.24. The summed E-state index contributed by atoms with van der Waals surface area (Å²) >= 11 is 3.32. The Bertz CT molecular complexity index is 448. The lowest BCUT2D eigenvalue weighted by Gasteiger charge is -1.96. The van der Waals surface area contributed by atoms with Gasteiger partial charge in [0.25, 0.3) is 0 Å². The highest BCUT2D eigenvalue weighted by atomic mass is 79.9. The second-order valence-electron chi connectivity index (χ2n) is 2.94. The second-order valence-corrected chi connectivity index (χ2v) is 3.85. The molecule has 0 amide bonds. The normalized spacial score (nSPS) is 10.5. The zero-order chi connectivity index (χ0) is 10.1. The van der Waals surface area contributed by atoms with Crippen LogP contribution in [0, 0.1) is 13.8 Å². The fourth-order valence-corrected chi connectivity index (χ4v) is 1.33. The van der Waals surface area contributed by atoms with Crippen LogP contribution < -0.4 is 0 Å². The van der Waals surface area contributed by atoms with E-state index in [-0.39, 0.29) is 0 Å². The van der Waals surface area contributed by atoms with Crippen molar-refractivity contribution in [2.45, 2.75) is 6.92 Å². The summed E-state index contributed by atoms with van der Waals surface area (Å²) < 4.78 is 6.06. The van der Waals surface area contributed by atoms with E-state index in [2.05, 4.69) is 33.0 Å². The van der Waals surface area contributed by atoms with Crippen LogP contribution in [0.5, 0.6) is 0 Å². The predicted molar refractivity (Wildman–Crippen MR) is 56.6 cm³/mol. The molecule has 0 aliphatic heterocycles. The minimum Gasteiger partial charge on any atom is -0.354 e. The number of aromatic nitrogens is 2. The number of halogens is 1. The minimum absolute atomic E-state index is 0.634. The number of nitrogens with zero attached hydrogens (tertiary/aromatic N) is 2. The fourth-order valence-electron chi connectivity index (χ4n) is 1.10. The van der Waals surface area contributed by atoms with Gasteiger partial charge in [0.1, 0.15) is 5.69 Å². The smallest absolute Gasteiger partial charge is 0.188 e. The van der Waals surface area contributed by atoms with Gasteiger partial charge in [0, 0.05) is 16.2 Å². The van der Waals surface area contributed by atoms with Crippen LogP contribution in [0.25, 0.3) is 11.5 Å². The third-order valence-corrected chi connectivity index (χ3v) is 2.41. The standard InChI is InChI=1S/C10H8BrN2O/c1-6-7(2)13-14-10(6)9-4-3-8(11)5-12-9/h3-5H,1H2,2H3. The van der Waals surface area contributed by atoms with E-state index in [0.717, 1.165) is 21.4 Å². The zero-order valence-electron chi connectivity index (χ0n) is 7.62. The van der Waals surface area contributed by atoms with Crippen molar-refractivity contribution in [3.05, 3.63) is 41.0 Å². The Kier molecular flexibility index (Phi) is 2.37. The van der Waals surface area contributed by atoms with Crippen LogP contribution in [0.2, 0.25) is 0 Å². The van der Waals surface area contributed by atoms with E-state index in [1.807, 2.05) is 19.1 Å². The Morgan fingerprint density at radius 2 is 2.21 bits per heavy atom.